The van der Waals surface area contributed by atoms with Crippen molar-refractivity contribution in [2.45, 2.75) is 70.9 Å². The number of rotatable bonds is 1. The smallest absolute Gasteiger partial charge is 0.0957 e. The number of hydrogen-bond acceptors (Lipinski definition) is 2. The van der Waals surface area contributed by atoms with Gasteiger partial charge in [0.15, 0.2) is 0 Å². The minimum absolute atomic E-state index is 0.390. The van der Waals surface area contributed by atoms with Crippen LogP contribution in [0.2, 0.25) is 0 Å². The Bertz CT molecular complexity index is 584. The van der Waals surface area contributed by atoms with E-state index in [0.29, 0.717) is 16.4 Å². The lowest BCUT2D eigenvalue weighted by molar-refractivity contribution is -0.136. The van der Waals surface area contributed by atoms with Crippen molar-refractivity contribution >= 4 is 0 Å². The van der Waals surface area contributed by atoms with Crippen molar-refractivity contribution in [1.29, 1.82) is 0 Å². The molecule has 21 heavy (non-hydrogen) atoms. The first-order chi connectivity index (χ1) is 10.00. The molecule has 3 nitrogen and oxygen atoms in total. The molecule has 5 aliphatic rings. The summed E-state index contributed by atoms with van der Waals surface area (Å²) in [5, 5.41) is 3.47. The van der Waals surface area contributed by atoms with Crippen molar-refractivity contribution in [2.24, 2.45) is 16.7 Å². The number of imidazole rings is 1. The van der Waals surface area contributed by atoms with E-state index in [0.717, 1.165) is 25.4 Å². The van der Waals surface area contributed by atoms with Gasteiger partial charge in [-0.15, -0.1) is 0 Å². The highest BCUT2D eigenvalue weighted by molar-refractivity contribution is 5.22. The van der Waals surface area contributed by atoms with Gasteiger partial charge in [-0.2, -0.15) is 0 Å². The van der Waals surface area contributed by atoms with E-state index in [4.69, 9.17) is 4.98 Å². The molecule has 4 fully saturated rings. The van der Waals surface area contributed by atoms with E-state index >= 15 is 0 Å². The standard InChI is InChI=1S/C18H27N3/c1-16-5-13-6-17(2,9-16)11-18(7-13,10-16)21-12-20-14-8-19-4-3-15(14)21/h12-13,19H,3-11H2,1-2H3. The van der Waals surface area contributed by atoms with Crippen molar-refractivity contribution in [3.05, 3.63) is 17.7 Å². The van der Waals surface area contributed by atoms with Gasteiger partial charge in [0.05, 0.1) is 12.0 Å². The molecule has 0 amide bonds. The molecule has 1 aliphatic heterocycles. The summed E-state index contributed by atoms with van der Waals surface area (Å²) in [6.45, 7) is 7.22. The van der Waals surface area contributed by atoms with Crippen molar-refractivity contribution in [1.82, 2.24) is 14.9 Å². The van der Waals surface area contributed by atoms with Crippen LogP contribution in [-0.2, 0) is 18.5 Å². The molecule has 6 rings (SSSR count). The highest BCUT2D eigenvalue weighted by Crippen LogP contribution is 2.68. The van der Waals surface area contributed by atoms with Gasteiger partial charge in [-0.25, -0.2) is 4.98 Å². The summed E-state index contributed by atoms with van der Waals surface area (Å²) < 4.78 is 2.66. The lowest BCUT2D eigenvalue weighted by Crippen LogP contribution is -2.59. The Labute approximate surface area is 127 Å². The van der Waals surface area contributed by atoms with Gasteiger partial charge in [-0.05, 0) is 55.3 Å². The van der Waals surface area contributed by atoms with Gasteiger partial charge < -0.3 is 9.88 Å². The van der Waals surface area contributed by atoms with E-state index in [-0.39, 0.29) is 0 Å². The normalized spacial score (nSPS) is 47.6. The van der Waals surface area contributed by atoms with Gasteiger partial charge in [0.1, 0.15) is 0 Å². The zero-order valence-electron chi connectivity index (χ0n) is 13.4. The molecule has 3 heteroatoms. The summed E-state index contributed by atoms with van der Waals surface area (Å²) >= 11 is 0. The molecule has 0 aromatic carbocycles. The molecule has 2 unspecified atom stereocenters. The number of hydrogen-bond donors (Lipinski definition) is 1. The molecule has 0 spiro atoms. The summed E-state index contributed by atoms with van der Waals surface area (Å²) in [4.78, 5) is 4.76. The van der Waals surface area contributed by atoms with Gasteiger partial charge in [-0.1, -0.05) is 13.8 Å². The van der Waals surface area contributed by atoms with Crippen molar-refractivity contribution < 1.29 is 0 Å². The van der Waals surface area contributed by atoms with Gasteiger partial charge >= 0.3 is 0 Å². The number of nitrogens with one attached hydrogen (secondary N) is 1. The van der Waals surface area contributed by atoms with Crippen LogP contribution in [0.4, 0.5) is 0 Å². The largest absolute Gasteiger partial charge is 0.328 e. The maximum Gasteiger partial charge on any atom is 0.0957 e. The molecule has 1 aromatic rings. The Balaban J connectivity index is 1.64. The first-order valence-corrected chi connectivity index (χ1v) is 8.76. The second kappa shape index (κ2) is 3.73. The van der Waals surface area contributed by atoms with Crippen LogP contribution in [0, 0.1) is 16.7 Å². The fraction of sp³-hybridized carbons (Fsp3) is 0.833. The topological polar surface area (TPSA) is 29.9 Å². The van der Waals surface area contributed by atoms with Gasteiger partial charge in [-0.3, -0.25) is 0 Å². The van der Waals surface area contributed by atoms with E-state index in [9.17, 15) is 0 Å². The van der Waals surface area contributed by atoms with Gasteiger partial charge in [0.25, 0.3) is 0 Å². The SMILES string of the molecule is CC12CC3CC(C)(C1)CC(n1cnc4c1CCNC4)(C3)C2. The molecule has 1 aromatic heterocycles. The fourth-order valence-electron chi connectivity index (χ4n) is 7.30. The van der Waals surface area contributed by atoms with E-state index in [1.54, 1.807) is 5.69 Å². The summed E-state index contributed by atoms with van der Waals surface area (Å²) in [7, 11) is 0. The molecule has 4 aliphatic carbocycles. The number of fused-ring (bicyclic) bond motifs is 1. The molecular weight excluding hydrogens is 258 g/mol. The average molecular weight is 285 g/mol. The third kappa shape index (κ3) is 1.67. The molecule has 0 saturated heterocycles. The van der Waals surface area contributed by atoms with Crippen LogP contribution in [0.25, 0.3) is 0 Å². The molecule has 114 valence electrons. The summed E-state index contributed by atoms with van der Waals surface area (Å²) in [6, 6.07) is 0. The second-order valence-electron chi connectivity index (χ2n) is 9.29. The van der Waals surface area contributed by atoms with Crippen LogP contribution >= 0.6 is 0 Å². The van der Waals surface area contributed by atoms with E-state index in [1.165, 1.54) is 44.2 Å². The summed E-state index contributed by atoms with van der Waals surface area (Å²) in [6.07, 6.45) is 12.0. The lowest BCUT2D eigenvalue weighted by Gasteiger charge is -2.65. The monoisotopic (exact) mass is 285 g/mol. The maximum atomic E-state index is 4.76. The zero-order valence-corrected chi connectivity index (χ0v) is 13.4. The third-order valence-electron chi connectivity index (χ3n) is 6.89. The molecular formula is C18H27N3. The predicted octanol–water partition coefficient (Wildman–Crippen LogP) is 3.23. The van der Waals surface area contributed by atoms with Crippen molar-refractivity contribution in [3.8, 4) is 0 Å². The molecule has 2 atom stereocenters. The zero-order chi connectivity index (χ0) is 14.3. The third-order valence-corrected chi connectivity index (χ3v) is 6.89. The number of aromatic nitrogens is 2. The maximum absolute atomic E-state index is 4.76. The van der Waals surface area contributed by atoms with Crippen LogP contribution in [0.3, 0.4) is 0 Å². The van der Waals surface area contributed by atoms with Crippen molar-refractivity contribution in [3.63, 3.8) is 0 Å². The van der Waals surface area contributed by atoms with Crippen LogP contribution in [0.5, 0.6) is 0 Å². The quantitative estimate of drug-likeness (QED) is 0.858. The Morgan fingerprint density at radius 2 is 1.90 bits per heavy atom. The first kappa shape index (κ1) is 12.7. The highest BCUT2D eigenvalue weighted by Gasteiger charge is 2.61. The summed E-state index contributed by atoms with van der Waals surface area (Å²) in [5.41, 5.74) is 4.41. The van der Waals surface area contributed by atoms with Gasteiger partial charge in [0.2, 0.25) is 0 Å². The van der Waals surface area contributed by atoms with Gasteiger partial charge in [0, 0.05) is 30.7 Å². The Morgan fingerprint density at radius 3 is 2.62 bits per heavy atom. The Morgan fingerprint density at radius 1 is 1.14 bits per heavy atom. The van der Waals surface area contributed by atoms with Crippen LogP contribution in [0.15, 0.2) is 6.33 Å². The summed E-state index contributed by atoms with van der Waals surface area (Å²) in [5.74, 6) is 0.955. The van der Waals surface area contributed by atoms with E-state index < -0.39 is 0 Å². The predicted molar refractivity (Wildman–Crippen MR) is 83.0 cm³/mol. The molecule has 2 heterocycles. The van der Waals surface area contributed by atoms with Crippen LogP contribution in [0.1, 0.15) is 63.8 Å². The van der Waals surface area contributed by atoms with E-state index in [2.05, 4.69) is 30.1 Å². The molecule has 0 radical (unpaired) electrons. The highest BCUT2D eigenvalue weighted by atomic mass is 15.2. The second-order valence-corrected chi connectivity index (χ2v) is 9.29. The molecule has 4 bridgehead atoms. The minimum Gasteiger partial charge on any atom is -0.328 e. The first-order valence-electron chi connectivity index (χ1n) is 8.76. The molecule has 1 N–H and O–H groups in total. The molecule has 4 saturated carbocycles. The number of nitrogens with zero attached hydrogens (tertiary/aromatic N) is 2. The Hall–Kier alpha value is -0.830. The minimum atomic E-state index is 0.390. The average Bonchev–Trinajstić information content (AvgIpc) is 2.78. The fourth-order valence-corrected chi connectivity index (χ4v) is 7.30. The Kier molecular flexibility index (Phi) is 2.26. The van der Waals surface area contributed by atoms with Crippen LogP contribution < -0.4 is 5.32 Å². The van der Waals surface area contributed by atoms with Crippen molar-refractivity contribution in [2.75, 3.05) is 6.54 Å². The van der Waals surface area contributed by atoms with E-state index in [1.807, 2.05) is 0 Å². The lowest BCUT2D eigenvalue weighted by atomic mass is 9.42. The van der Waals surface area contributed by atoms with Crippen LogP contribution in [-0.4, -0.2) is 16.1 Å².